The Kier molecular flexibility index (Phi) is 7.60. The lowest BCUT2D eigenvalue weighted by Crippen LogP contribution is -2.49. The van der Waals surface area contributed by atoms with Crippen molar-refractivity contribution in [3.05, 3.63) is 64.7 Å². The monoisotopic (exact) mass is 534 g/mol. The zero-order valence-corrected chi connectivity index (χ0v) is 22.0. The van der Waals surface area contributed by atoms with E-state index in [9.17, 15) is 19.2 Å². The van der Waals surface area contributed by atoms with Gasteiger partial charge in [-0.15, -0.1) is 0 Å². The first kappa shape index (κ1) is 26.4. The number of hydrogen-bond donors (Lipinski definition) is 0. The van der Waals surface area contributed by atoms with E-state index in [2.05, 4.69) is 9.88 Å². The van der Waals surface area contributed by atoms with E-state index in [1.54, 1.807) is 43.1 Å². The van der Waals surface area contributed by atoms with Gasteiger partial charge in [0, 0.05) is 45.1 Å². The van der Waals surface area contributed by atoms with Crippen molar-refractivity contribution in [1.29, 1.82) is 0 Å². The number of amides is 1. The molecule has 5 rings (SSSR count). The van der Waals surface area contributed by atoms with Gasteiger partial charge in [0.2, 0.25) is 5.78 Å². The lowest BCUT2D eigenvalue weighted by Gasteiger charge is -2.33. The van der Waals surface area contributed by atoms with E-state index < -0.39 is 17.5 Å². The Bertz CT molecular complexity index is 1440. The Morgan fingerprint density at radius 3 is 2.49 bits per heavy atom. The highest BCUT2D eigenvalue weighted by atomic mass is 16.6. The molecule has 1 amide bonds. The number of hydrogen-bond acceptors (Lipinski definition) is 9. The molecule has 11 heteroatoms. The van der Waals surface area contributed by atoms with Crippen molar-refractivity contribution in [3.8, 4) is 5.75 Å². The van der Waals surface area contributed by atoms with E-state index >= 15 is 0 Å². The summed E-state index contributed by atoms with van der Waals surface area (Å²) in [5, 5.41) is 0. The Morgan fingerprint density at radius 1 is 0.974 bits per heavy atom. The lowest BCUT2D eigenvalue weighted by molar-refractivity contribution is 0.0525. The molecule has 11 nitrogen and oxygen atoms in total. The highest BCUT2D eigenvalue weighted by Crippen LogP contribution is 2.37. The minimum absolute atomic E-state index is 0.00877. The van der Waals surface area contributed by atoms with Crippen molar-refractivity contribution in [1.82, 2.24) is 19.2 Å². The number of ketones is 2. The quantitative estimate of drug-likeness (QED) is 0.248. The van der Waals surface area contributed by atoms with E-state index in [-0.39, 0.29) is 40.8 Å². The van der Waals surface area contributed by atoms with E-state index in [1.807, 2.05) is 0 Å². The summed E-state index contributed by atoms with van der Waals surface area (Å²) in [7, 11) is 0. The van der Waals surface area contributed by atoms with Crippen molar-refractivity contribution in [2.45, 2.75) is 20.3 Å². The summed E-state index contributed by atoms with van der Waals surface area (Å²) in [4.78, 5) is 60.1. The molecule has 0 unspecified atom stereocenters. The number of nitrogens with zero attached hydrogens (tertiary/aromatic N) is 4. The molecule has 2 aliphatic rings. The molecular formula is C28H30N4O7. The minimum Gasteiger partial charge on any atom is -0.491 e. The Morgan fingerprint density at radius 2 is 1.74 bits per heavy atom. The smallest absolute Gasteiger partial charge is 0.409 e. The number of esters is 1. The topological polar surface area (TPSA) is 120 Å². The van der Waals surface area contributed by atoms with E-state index in [0.717, 1.165) is 19.6 Å². The fraction of sp³-hybridized carbons (Fsp3) is 0.393. The summed E-state index contributed by atoms with van der Waals surface area (Å²) in [6.07, 6.45) is 3.51. The third-order valence-electron chi connectivity index (χ3n) is 6.89. The number of piperazine rings is 1. The summed E-state index contributed by atoms with van der Waals surface area (Å²) in [5.74, 6) is -1.21. The van der Waals surface area contributed by atoms with Crippen molar-refractivity contribution < 1.29 is 33.4 Å². The molecule has 1 fully saturated rings. The maximum Gasteiger partial charge on any atom is 0.409 e. The molecule has 39 heavy (non-hydrogen) atoms. The molecule has 4 heterocycles. The van der Waals surface area contributed by atoms with Crippen LogP contribution in [0.25, 0.3) is 5.52 Å². The highest BCUT2D eigenvalue weighted by Gasteiger charge is 2.40. The third-order valence-corrected chi connectivity index (χ3v) is 6.89. The Labute approximate surface area is 225 Å². The van der Waals surface area contributed by atoms with Crippen LogP contribution in [0.3, 0.4) is 0 Å². The molecule has 0 radical (unpaired) electrons. The Hall–Kier alpha value is -4.25. The van der Waals surface area contributed by atoms with Gasteiger partial charge >= 0.3 is 12.1 Å². The van der Waals surface area contributed by atoms with Gasteiger partial charge in [-0.2, -0.15) is 0 Å². The molecule has 3 aromatic heterocycles. The molecule has 0 bridgehead atoms. The number of carbonyl (C=O) groups excluding carboxylic acids is 4. The summed E-state index contributed by atoms with van der Waals surface area (Å²) >= 11 is 0. The molecule has 3 aromatic rings. The predicted octanol–water partition coefficient (Wildman–Crippen LogP) is 2.83. The summed E-state index contributed by atoms with van der Waals surface area (Å²) in [6, 6.07) is 6.53. The largest absolute Gasteiger partial charge is 0.491 e. The fourth-order valence-electron chi connectivity index (χ4n) is 5.09. The average molecular weight is 535 g/mol. The van der Waals surface area contributed by atoms with Crippen LogP contribution in [0, 0.1) is 0 Å². The number of aromatic nitrogens is 2. The maximum atomic E-state index is 13.5. The Balaban J connectivity index is 1.37. The molecule has 1 aliphatic heterocycles. The SMILES string of the molecule is CCOC(=O)c1c2c(n3cccc(OCCCN4CCN(C(=O)OCC)CC4)c13)C(=O)c1ncccc1C2=O. The normalized spacial score (nSPS) is 15.2. The second kappa shape index (κ2) is 11.2. The first-order valence-electron chi connectivity index (χ1n) is 13.1. The molecule has 204 valence electrons. The fourth-order valence-corrected chi connectivity index (χ4v) is 5.09. The molecule has 0 N–H and O–H groups in total. The zero-order valence-electron chi connectivity index (χ0n) is 22.0. The first-order valence-corrected chi connectivity index (χ1v) is 13.1. The van der Waals surface area contributed by atoms with E-state index in [0.29, 0.717) is 44.0 Å². The molecular weight excluding hydrogens is 504 g/mol. The van der Waals surface area contributed by atoms with Gasteiger partial charge in [0.25, 0.3) is 0 Å². The van der Waals surface area contributed by atoms with Crippen LogP contribution in [-0.4, -0.2) is 95.4 Å². The molecule has 1 aliphatic carbocycles. The van der Waals surface area contributed by atoms with Crippen LogP contribution in [0.1, 0.15) is 62.7 Å². The van der Waals surface area contributed by atoms with Crippen LogP contribution < -0.4 is 4.74 Å². The van der Waals surface area contributed by atoms with Crippen LogP contribution in [0.5, 0.6) is 5.75 Å². The summed E-state index contributed by atoms with van der Waals surface area (Å²) < 4.78 is 18.0. The highest BCUT2D eigenvalue weighted by molar-refractivity contribution is 6.31. The predicted molar refractivity (Wildman–Crippen MR) is 140 cm³/mol. The van der Waals surface area contributed by atoms with E-state index in [4.69, 9.17) is 14.2 Å². The third kappa shape index (κ3) is 4.85. The average Bonchev–Trinajstić information content (AvgIpc) is 3.31. The van der Waals surface area contributed by atoms with Crippen LogP contribution in [0.2, 0.25) is 0 Å². The van der Waals surface area contributed by atoms with Crippen molar-refractivity contribution >= 4 is 29.1 Å². The number of pyridine rings is 2. The van der Waals surface area contributed by atoms with Crippen LogP contribution in [0.15, 0.2) is 36.7 Å². The number of ether oxygens (including phenoxy) is 3. The maximum absolute atomic E-state index is 13.5. The van der Waals surface area contributed by atoms with Crippen molar-refractivity contribution in [3.63, 3.8) is 0 Å². The lowest BCUT2D eigenvalue weighted by atomic mass is 9.89. The standard InChI is InChI=1S/C28H30N4O7/c1-3-37-27(35)21-20-24(26(34)22-18(25(20)33)8-5-10-29-22)32-12-6-9-19(23(21)32)39-17-7-11-30-13-15-31(16-14-30)28(36)38-4-2/h5-6,8-10,12H,3-4,7,11,13-17H2,1-2H3. The van der Waals surface area contributed by atoms with Crippen LogP contribution in [-0.2, 0) is 9.47 Å². The molecule has 0 aromatic carbocycles. The minimum atomic E-state index is -0.694. The van der Waals surface area contributed by atoms with Gasteiger partial charge < -0.3 is 23.5 Å². The molecule has 1 saturated heterocycles. The van der Waals surface area contributed by atoms with Gasteiger partial charge in [-0.25, -0.2) is 9.59 Å². The van der Waals surface area contributed by atoms with Gasteiger partial charge in [-0.05, 0) is 44.5 Å². The van der Waals surface area contributed by atoms with Gasteiger partial charge in [-0.3, -0.25) is 19.5 Å². The van der Waals surface area contributed by atoms with Crippen molar-refractivity contribution in [2.75, 3.05) is 52.5 Å². The van der Waals surface area contributed by atoms with Crippen LogP contribution in [0.4, 0.5) is 4.79 Å². The number of rotatable bonds is 8. The first-order chi connectivity index (χ1) is 19.0. The summed E-state index contributed by atoms with van der Waals surface area (Å²) in [5.41, 5.74) is 0.633. The van der Waals surface area contributed by atoms with E-state index in [1.165, 1.54) is 16.7 Å². The van der Waals surface area contributed by atoms with Gasteiger partial charge in [0.15, 0.2) is 5.78 Å². The van der Waals surface area contributed by atoms with Crippen molar-refractivity contribution in [2.24, 2.45) is 0 Å². The van der Waals surface area contributed by atoms with Gasteiger partial charge in [0.05, 0.1) is 30.9 Å². The van der Waals surface area contributed by atoms with Gasteiger partial charge in [-0.1, -0.05) is 0 Å². The number of carbonyl (C=O) groups is 4. The second-order valence-corrected chi connectivity index (χ2v) is 9.20. The van der Waals surface area contributed by atoms with Crippen LogP contribution >= 0.6 is 0 Å². The number of fused-ring (bicyclic) bond motifs is 4. The zero-order chi connectivity index (χ0) is 27.5. The molecule has 0 atom stereocenters. The molecule has 0 saturated carbocycles. The van der Waals surface area contributed by atoms with Gasteiger partial charge in [0.1, 0.15) is 28.2 Å². The summed E-state index contributed by atoms with van der Waals surface area (Å²) in [6.45, 7) is 7.75. The molecule has 0 spiro atoms. The second-order valence-electron chi connectivity index (χ2n) is 9.20.